The fourth-order valence-electron chi connectivity index (χ4n) is 3.35. The van der Waals surface area contributed by atoms with Gasteiger partial charge >= 0.3 is 11.9 Å². The van der Waals surface area contributed by atoms with Crippen molar-refractivity contribution in [3.63, 3.8) is 0 Å². The van der Waals surface area contributed by atoms with Crippen LogP contribution in [0.2, 0.25) is 0 Å². The van der Waals surface area contributed by atoms with Crippen molar-refractivity contribution in [2.24, 2.45) is 0 Å². The molecule has 0 atom stereocenters. The number of nitro benzene ring substituents is 1. The highest BCUT2D eigenvalue weighted by molar-refractivity contribution is 7.89. The summed E-state index contributed by atoms with van der Waals surface area (Å²) in [6.07, 6.45) is 1.60. The number of carbonyl (C=O) groups is 3. The lowest BCUT2D eigenvalue weighted by molar-refractivity contribution is -0.384. The number of hydrogen-bond acceptors (Lipinski definition) is 9. The number of hydrogen-bond donors (Lipinski definition) is 0. The molecule has 1 aliphatic rings. The first-order chi connectivity index (χ1) is 16.1. The number of nitro groups is 1. The molecule has 0 radical (unpaired) electrons. The number of non-ortho nitro benzene ring substituents is 1. The third-order valence-corrected chi connectivity index (χ3v) is 7.00. The molecule has 0 bridgehead atoms. The second kappa shape index (κ2) is 10.5. The highest BCUT2D eigenvalue weighted by atomic mass is 32.2. The number of nitrogens with zero attached hydrogens (tertiary/aromatic N) is 2. The van der Waals surface area contributed by atoms with Crippen molar-refractivity contribution in [3.8, 4) is 0 Å². The Morgan fingerprint density at radius 1 is 0.941 bits per heavy atom. The van der Waals surface area contributed by atoms with Crippen LogP contribution in [0.25, 0.3) is 0 Å². The van der Waals surface area contributed by atoms with Crippen LogP contribution in [0.5, 0.6) is 0 Å². The molecule has 11 nitrogen and oxygen atoms in total. The first kappa shape index (κ1) is 25.0. The summed E-state index contributed by atoms with van der Waals surface area (Å²) in [5.41, 5.74) is -0.890. The summed E-state index contributed by atoms with van der Waals surface area (Å²) in [6, 6.07) is 8.25. The van der Waals surface area contributed by atoms with E-state index in [1.807, 2.05) is 0 Å². The van der Waals surface area contributed by atoms with Crippen LogP contribution in [0.15, 0.2) is 47.4 Å². The molecule has 0 amide bonds. The van der Waals surface area contributed by atoms with Gasteiger partial charge in [0.25, 0.3) is 5.69 Å². The van der Waals surface area contributed by atoms with Crippen molar-refractivity contribution in [3.05, 3.63) is 69.3 Å². The van der Waals surface area contributed by atoms with Crippen molar-refractivity contribution in [1.29, 1.82) is 0 Å². The molecule has 180 valence electrons. The van der Waals surface area contributed by atoms with Crippen LogP contribution in [0, 0.1) is 10.1 Å². The summed E-state index contributed by atoms with van der Waals surface area (Å²) in [4.78, 5) is 47.2. The van der Waals surface area contributed by atoms with Crippen LogP contribution in [-0.4, -0.2) is 61.7 Å². The summed E-state index contributed by atoms with van der Waals surface area (Å²) in [5, 5.41) is 11.1. The summed E-state index contributed by atoms with van der Waals surface area (Å²) in [6.45, 7) is 1.82. The minimum atomic E-state index is -3.63. The Morgan fingerprint density at radius 2 is 1.50 bits per heavy atom. The predicted molar refractivity (Wildman–Crippen MR) is 118 cm³/mol. The van der Waals surface area contributed by atoms with Crippen LogP contribution in [0.1, 0.15) is 50.8 Å². The van der Waals surface area contributed by atoms with Crippen molar-refractivity contribution in [1.82, 2.24) is 4.31 Å². The lowest BCUT2D eigenvalue weighted by Gasteiger charge is -2.15. The molecule has 2 aromatic rings. The van der Waals surface area contributed by atoms with Crippen molar-refractivity contribution in [2.75, 3.05) is 26.3 Å². The standard InChI is InChI=1S/C22H22N2O9S/c1-2-32-21(26)16-11-17(13-18(12-16)24(28)29)22(27)33-14-20(25)15-5-7-19(8-6-15)34(30,31)23-9-3-4-10-23/h5-8,11-13H,2-4,9-10,14H2,1H3. The molecule has 2 aromatic carbocycles. The first-order valence-electron chi connectivity index (χ1n) is 10.4. The fraction of sp³-hybridized carbons (Fsp3) is 0.318. The van der Waals surface area contributed by atoms with E-state index in [4.69, 9.17) is 9.47 Å². The van der Waals surface area contributed by atoms with Crippen LogP contribution in [0.4, 0.5) is 5.69 Å². The molecular formula is C22H22N2O9S. The van der Waals surface area contributed by atoms with Crippen molar-refractivity contribution in [2.45, 2.75) is 24.7 Å². The molecule has 1 fully saturated rings. The van der Waals surface area contributed by atoms with Gasteiger partial charge in [0.05, 0.1) is 27.6 Å². The number of sulfonamides is 1. The van der Waals surface area contributed by atoms with Gasteiger partial charge in [-0.1, -0.05) is 0 Å². The van der Waals surface area contributed by atoms with Gasteiger partial charge in [-0.2, -0.15) is 4.31 Å². The Morgan fingerprint density at radius 3 is 2.03 bits per heavy atom. The van der Waals surface area contributed by atoms with Crippen LogP contribution in [0.3, 0.4) is 0 Å². The molecule has 0 N–H and O–H groups in total. The number of ketones is 1. The minimum Gasteiger partial charge on any atom is -0.462 e. The number of benzene rings is 2. The van der Waals surface area contributed by atoms with E-state index in [1.165, 1.54) is 28.6 Å². The minimum absolute atomic E-state index is 0.0356. The van der Waals surface area contributed by atoms with Crippen molar-refractivity contribution < 1.29 is 37.2 Å². The highest BCUT2D eigenvalue weighted by Crippen LogP contribution is 2.22. The zero-order chi connectivity index (χ0) is 24.9. The predicted octanol–water partition coefficient (Wildman–Crippen LogP) is 2.60. The topological polar surface area (TPSA) is 150 Å². The molecule has 0 aliphatic carbocycles. The van der Waals surface area contributed by atoms with Gasteiger partial charge in [0.1, 0.15) is 0 Å². The molecule has 1 aliphatic heterocycles. The lowest BCUT2D eigenvalue weighted by atomic mass is 10.1. The number of ether oxygens (including phenoxy) is 2. The Balaban J connectivity index is 1.69. The van der Waals surface area contributed by atoms with Gasteiger partial charge in [0, 0.05) is 30.8 Å². The van der Waals surface area contributed by atoms with E-state index in [9.17, 15) is 32.9 Å². The lowest BCUT2D eigenvalue weighted by Crippen LogP contribution is -2.27. The first-order valence-corrected chi connectivity index (χ1v) is 11.8. The zero-order valence-corrected chi connectivity index (χ0v) is 19.1. The molecule has 0 aromatic heterocycles. The maximum atomic E-state index is 12.6. The second-order valence-electron chi connectivity index (χ2n) is 7.38. The second-order valence-corrected chi connectivity index (χ2v) is 9.32. The van der Waals surface area contributed by atoms with Gasteiger partial charge in [-0.15, -0.1) is 0 Å². The number of esters is 2. The fourth-order valence-corrected chi connectivity index (χ4v) is 4.87. The van der Waals surface area contributed by atoms with E-state index >= 15 is 0 Å². The molecule has 0 spiro atoms. The Labute approximate surface area is 195 Å². The van der Waals surface area contributed by atoms with E-state index in [0.717, 1.165) is 31.0 Å². The molecule has 0 saturated carbocycles. The highest BCUT2D eigenvalue weighted by Gasteiger charge is 2.27. The molecule has 34 heavy (non-hydrogen) atoms. The van der Waals surface area contributed by atoms with Crippen LogP contribution in [-0.2, 0) is 19.5 Å². The molecule has 1 saturated heterocycles. The average Bonchev–Trinajstić information content (AvgIpc) is 3.38. The quantitative estimate of drug-likeness (QED) is 0.224. The molecule has 12 heteroatoms. The molecular weight excluding hydrogens is 468 g/mol. The Kier molecular flexibility index (Phi) is 7.74. The van der Waals surface area contributed by atoms with Gasteiger partial charge in [-0.05, 0) is 50.1 Å². The van der Waals surface area contributed by atoms with Crippen LogP contribution < -0.4 is 0 Å². The summed E-state index contributed by atoms with van der Waals surface area (Å²) in [7, 11) is -3.63. The van der Waals surface area contributed by atoms with Gasteiger partial charge in [0.2, 0.25) is 10.0 Å². The van der Waals surface area contributed by atoms with E-state index in [-0.39, 0.29) is 28.2 Å². The SMILES string of the molecule is CCOC(=O)c1cc(C(=O)OCC(=O)c2ccc(S(=O)(=O)N3CCCC3)cc2)cc([N+](=O)[O-])c1. The summed E-state index contributed by atoms with van der Waals surface area (Å²) < 4.78 is 36.3. The van der Waals surface area contributed by atoms with Gasteiger partial charge in [-0.25, -0.2) is 18.0 Å². The van der Waals surface area contributed by atoms with Gasteiger partial charge < -0.3 is 9.47 Å². The number of carbonyl (C=O) groups excluding carboxylic acids is 3. The van der Waals surface area contributed by atoms with E-state index in [0.29, 0.717) is 13.1 Å². The average molecular weight is 490 g/mol. The third kappa shape index (κ3) is 5.64. The van der Waals surface area contributed by atoms with E-state index in [2.05, 4.69) is 0 Å². The zero-order valence-electron chi connectivity index (χ0n) is 18.3. The largest absolute Gasteiger partial charge is 0.462 e. The van der Waals surface area contributed by atoms with Crippen LogP contribution >= 0.6 is 0 Å². The molecule has 1 heterocycles. The van der Waals surface area contributed by atoms with Crippen molar-refractivity contribution >= 4 is 33.4 Å². The van der Waals surface area contributed by atoms with E-state index < -0.39 is 45.0 Å². The molecule has 0 unspecified atom stereocenters. The summed E-state index contributed by atoms with van der Waals surface area (Å²) in [5.74, 6) is -2.49. The maximum Gasteiger partial charge on any atom is 0.338 e. The van der Waals surface area contributed by atoms with E-state index in [1.54, 1.807) is 6.92 Å². The summed E-state index contributed by atoms with van der Waals surface area (Å²) >= 11 is 0. The smallest absolute Gasteiger partial charge is 0.338 e. The maximum absolute atomic E-state index is 12.6. The molecule has 3 rings (SSSR count). The Bertz CT molecular complexity index is 1220. The van der Waals surface area contributed by atoms with Gasteiger partial charge in [-0.3, -0.25) is 14.9 Å². The third-order valence-electron chi connectivity index (χ3n) is 5.09. The van der Waals surface area contributed by atoms with Gasteiger partial charge in [0.15, 0.2) is 12.4 Å². The number of Topliss-reactive ketones (excluding diaryl/α,β-unsaturated/α-hetero) is 1. The monoisotopic (exact) mass is 490 g/mol. The normalized spacial score (nSPS) is 13.9. The number of rotatable bonds is 9. The Hall–Kier alpha value is -3.64.